The summed E-state index contributed by atoms with van der Waals surface area (Å²) in [6.45, 7) is 4.82. The highest BCUT2D eigenvalue weighted by Gasteiger charge is 2.06. The Balaban J connectivity index is 2.47. The number of esters is 1. The number of nitrogens with one attached hydrogen (secondary N) is 2. The quantitative estimate of drug-likeness (QED) is 0.613. The number of hydrogen-bond acceptors (Lipinski definition) is 3. The summed E-state index contributed by atoms with van der Waals surface area (Å²) in [6, 6.07) is 6.36. The van der Waals surface area contributed by atoms with E-state index >= 15 is 0 Å². The van der Waals surface area contributed by atoms with Crippen LogP contribution in [0.5, 0.6) is 0 Å². The molecule has 1 rings (SSSR count). The summed E-state index contributed by atoms with van der Waals surface area (Å²) in [5.74, 6) is -0.360. The van der Waals surface area contributed by atoms with E-state index in [9.17, 15) is 9.59 Å². The van der Waals surface area contributed by atoms with Crippen LogP contribution in [0.1, 0.15) is 37.0 Å². The molecule has 0 fully saturated rings. The largest absolute Gasteiger partial charge is 0.462 e. The second kappa shape index (κ2) is 8.13. The topological polar surface area (TPSA) is 67.4 Å². The summed E-state index contributed by atoms with van der Waals surface area (Å²) < 4.78 is 4.88. The predicted octanol–water partition coefficient (Wildman–Crippen LogP) is 2.78. The van der Waals surface area contributed by atoms with Crippen LogP contribution >= 0.6 is 0 Å². The fourth-order valence-electron chi connectivity index (χ4n) is 1.46. The average molecular weight is 264 g/mol. The molecule has 0 bridgehead atoms. The van der Waals surface area contributed by atoms with Crippen molar-refractivity contribution < 1.29 is 14.3 Å². The zero-order valence-corrected chi connectivity index (χ0v) is 11.4. The molecule has 0 aliphatic heterocycles. The highest BCUT2D eigenvalue weighted by molar-refractivity contribution is 5.92. The molecule has 1 aromatic rings. The van der Waals surface area contributed by atoms with Crippen LogP contribution in [0.4, 0.5) is 10.5 Å². The van der Waals surface area contributed by atoms with E-state index in [0.29, 0.717) is 24.4 Å². The van der Waals surface area contributed by atoms with Gasteiger partial charge in [0.15, 0.2) is 0 Å². The molecule has 19 heavy (non-hydrogen) atoms. The number of anilines is 1. The Bertz CT molecular complexity index is 415. The Morgan fingerprint density at radius 2 is 1.84 bits per heavy atom. The van der Waals surface area contributed by atoms with Crippen molar-refractivity contribution in [3.05, 3.63) is 29.8 Å². The van der Waals surface area contributed by atoms with Crippen LogP contribution < -0.4 is 10.6 Å². The van der Waals surface area contributed by atoms with E-state index in [0.717, 1.165) is 12.8 Å². The maximum atomic E-state index is 11.5. The molecule has 5 heteroatoms. The third-order valence-electron chi connectivity index (χ3n) is 2.47. The van der Waals surface area contributed by atoms with Gasteiger partial charge in [-0.2, -0.15) is 0 Å². The molecule has 2 amide bonds. The number of hydrogen-bond donors (Lipinski definition) is 2. The Labute approximate surface area is 113 Å². The molecule has 0 unspecified atom stereocenters. The average Bonchev–Trinajstić information content (AvgIpc) is 2.40. The van der Waals surface area contributed by atoms with Crippen molar-refractivity contribution in [1.29, 1.82) is 0 Å². The number of urea groups is 1. The molecule has 0 saturated heterocycles. The van der Waals surface area contributed by atoms with Crippen molar-refractivity contribution in [2.24, 2.45) is 0 Å². The van der Waals surface area contributed by atoms with E-state index in [1.807, 2.05) is 0 Å². The number of benzene rings is 1. The summed E-state index contributed by atoms with van der Waals surface area (Å²) in [4.78, 5) is 22.9. The van der Waals surface area contributed by atoms with E-state index in [1.54, 1.807) is 31.2 Å². The minimum Gasteiger partial charge on any atom is -0.462 e. The van der Waals surface area contributed by atoms with Crippen molar-refractivity contribution in [1.82, 2.24) is 5.32 Å². The lowest BCUT2D eigenvalue weighted by molar-refractivity contribution is 0.0526. The molecule has 5 nitrogen and oxygen atoms in total. The zero-order valence-electron chi connectivity index (χ0n) is 11.4. The van der Waals surface area contributed by atoms with Gasteiger partial charge in [0, 0.05) is 12.2 Å². The standard InChI is InChI=1S/C14H20N2O3/c1-3-5-10-15-14(18)16-12-8-6-11(7-9-12)13(17)19-4-2/h6-9H,3-5,10H2,1-2H3,(H2,15,16,18). The Hall–Kier alpha value is -2.04. The van der Waals surface area contributed by atoms with Gasteiger partial charge in [0.25, 0.3) is 0 Å². The molecule has 0 heterocycles. The lowest BCUT2D eigenvalue weighted by Gasteiger charge is -2.07. The number of carbonyl (C=O) groups is 2. The second-order valence-corrected chi connectivity index (χ2v) is 4.03. The van der Waals surface area contributed by atoms with E-state index in [1.165, 1.54) is 0 Å². The summed E-state index contributed by atoms with van der Waals surface area (Å²) in [6.07, 6.45) is 1.99. The van der Waals surface area contributed by atoms with Crippen LogP contribution in [0.2, 0.25) is 0 Å². The molecule has 0 aliphatic rings. The minimum atomic E-state index is -0.360. The third kappa shape index (κ3) is 5.42. The predicted molar refractivity (Wildman–Crippen MR) is 74.3 cm³/mol. The molecule has 104 valence electrons. The first kappa shape index (κ1) is 15.0. The second-order valence-electron chi connectivity index (χ2n) is 4.03. The van der Waals surface area contributed by atoms with Crippen LogP contribution in [0.25, 0.3) is 0 Å². The van der Waals surface area contributed by atoms with Gasteiger partial charge in [-0.15, -0.1) is 0 Å². The van der Waals surface area contributed by atoms with Crippen molar-refractivity contribution in [2.45, 2.75) is 26.7 Å². The molecule has 0 saturated carbocycles. The summed E-state index contributed by atoms with van der Waals surface area (Å²) in [5.41, 5.74) is 1.11. The monoisotopic (exact) mass is 264 g/mol. The van der Waals surface area contributed by atoms with Gasteiger partial charge in [-0.25, -0.2) is 9.59 Å². The molecule has 1 aromatic carbocycles. The van der Waals surface area contributed by atoms with Gasteiger partial charge in [0.2, 0.25) is 0 Å². The van der Waals surface area contributed by atoms with Crippen LogP contribution in [0, 0.1) is 0 Å². The molecule has 0 radical (unpaired) electrons. The smallest absolute Gasteiger partial charge is 0.338 e. The Morgan fingerprint density at radius 1 is 1.16 bits per heavy atom. The first-order valence-electron chi connectivity index (χ1n) is 6.49. The summed E-state index contributed by atoms with van der Waals surface area (Å²) >= 11 is 0. The third-order valence-corrected chi connectivity index (χ3v) is 2.47. The van der Waals surface area contributed by atoms with E-state index in [-0.39, 0.29) is 12.0 Å². The number of carbonyl (C=O) groups excluding carboxylic acids is 2. The van der Waals surface area contributed by atoms with Crippen molar-refractivity contribution in [3.8, 4) is 0 Å². The Kier molecular flexibility index (Phi) is 6.43. The lowest BCUT2D eigenvalue weighted by atomic mass is 10.2. The molecule has 2 N–H and O–H groups in total. The first-order chi connectivity index (χ1) is 9.17. The maximum absolute atomic E-state index is 11.5. The van der Waals surface area contributed by atoms with E-state index in [4.69, 9.17) is 4.74 Å². The van der Waals surface area contributed by atoms with Crippen LogP contribution in [-0.4, -0.2) is 25.2 Å². The van der Waals surface area contributed by atoms with Gasteiger partial charge in [-0.1, -0.05) is 13.3 Å². The number of amides is 2. The maximum Gasteiger partial charge on any atom is 0.338 e. The van der Waals surface area contributed by atoms with Crippen molar-refractivity contribution in [2.75, 3.05) is 18.5 Å². The number of unbranched alkanes of at least 4 members (excludes halogenated alkanes) is 1. The fourth-order valence-corrected chi connectivity index (χ4v) is 1.46. The van der Waals surface area contributed by atoms with Gasteiger partial charge >= 0.3 is 12.0 Å². The normalized spacial score (nSPS) is 9.79. The Morgan fingerprint density at radius 3 is 2.42 bits per heavy atom. The molecule has 0 aromatic heterocycles. The van der Waals surface area contributed by atoms with E-state index in [2.05, 4.69) is 17.6 Å². The number of ether oxygens (including phenoxy) is 1. The number of rotatable bonds is 6. The molecular formula is C14H20N2O3. The fraction of sp³-hybridized carbons (Fsp3) is 0.429. The van der Waals surface area contributed by atoms with Gasteiger partial charge < -0.3 is 15.4 Å². The van der Waals surface area contributed by atoms with Gasteiger partial charge in [-0.05, 0) is 37.6 Å². The van der Waals surface area contributed by atoms with Crippen LogP contribution in [-0.2, 0) is 4.74 Å². The van der Waals surface area contributed by atoms with Gasteiger partial charge in [0.1, 0.15) is 0 Å². The highest BCUT2D eigenvalue weighted by atomic mass is 16.5. The van der Waals surface area contributed by atoms with Crippen molar-refractivity contribution >= 4 is 17.7 Å². The van der Waals surface area contributed by atoms with Crippen LogP contribution in [0.3, 0.4) is 0 Å². The molecule has 0 spiro atoms. The van der Waals surface area contributed by atoms with Gasteiger partial charge in [0.05, 0.1) is 12.2 Å². The minimum absolute atomic E-state index is 0.239. The molecular weight excluding hydrogens is 244 g/mol. The highest BCUT2D eigenvalue weighted by Crippen LogP contribution is 2.10. The summed E-state index contributed by atoms with van der Waals surface area (Å²) in [7, 11) is 0. The zero-order chi connectivity index (χ0) is 14.1. The lowest BCUT2D eigenvalue weighted by Crippen LogP contribution is -2.29. The van der Waals surface area contributed by atoms with Crippen LogP contribution in [0.15, 0.2) is 24.3 Å². The molecule has 0 aliphatic carbocycles. The molecule has 0 atom stereocenters. The SMILES string of the molecule is CCCCNC(=O)Nc1ccc(C(=O)OCC)cc1. The van der Waals surface area contributed by atoms with E-state index < -0.39 is 0 Å². The first-order valence-corrected chi connectivity index (χ1v) is 6.49. The summed E-state index contributed by atoms with van der Waals surface area (Å²) in [5, 5.41) is 5.44. The van der Waals surface area contributed by atoms with Crippen molar-refractivity contribution in [3.63, 3.8) is 0 Å². The van der Waals surface area contributed by atoms with Gasteiger partial charge in [-0.3, -0.25) is 0 Å².